The molecule has 1 aromatic rings. The average molecular weight is 349 g/mol. The second kappa shape index (κ2) is 7.19. The predicted molar refractivity (Wildman–Crippen MR) is 89.9 cm³/mol. The largest absolute Gasteiger partial charge is 0.383 e. The minimum atomic E-state index is -3.56. The van der Waals surface area contributed by atoms with Gasteiger partial charge >= 0.3 is 0 Å². The van der Waals surface area contributed by atoms with Crippen molar-refractivity contribution in [2.45, 2.75) is 23.8 Å². The van der Waals surface area contributed by atoms with Crippen LogP contribution in [0.5, 0.6) is 0 Å². The lowest BCUT2D eigenvalue weighted by Gasteiger charge is -2.35. The van der Waals surface area contributed by atoms with Crippen molar-refractivity contribution in [1.82, 2.24) is 9.21 Å². The molecule has 6 nitrogen and oxygen atoms in total. The fourth-order valence-electron chi connectivity index (χ4n) is 3.69. The number of hydrogen-bond acceptors (Lipinski definition) is 5. The summed E-state index contributed by atoms with van der Waals surface area (Å²) < 4.78 is 32.8. The fourth-order valence-corrected chi connectivity index (χ4v) is 5.29. The molecule has 4 rings (SSSR count). The van der Waals surface area contributed by atoms with Gasteiger partial charge in [-0.15, -0.1) is 0 Å². The Morgan fingerprint density at radius 2 is 2.12 bits per heavy atom. The quantitative estimate of drug-likeness (QED) is 0.801. The first-order valence-corrected chi connectivity index (χ1v) is 9.72. The van der Waals surface area contributed by atoms with Gasteiger partial charge in [0.25, 0.3) is 0 Å². The zero-order valence-electron chi connectivity index (χ0n) is 13.9. The molecule has 0 radical (unpaired) electrons. The number of methoxy groups -OCH3 is 1. The van der Waals surface area contributed by atoms with E-state index in [9.17, 15) is 8.42 Å². The van der Waals surface area contributed by atoms with Gasteiger partial charge in [0.15, 0.2) is 0 Å². The van der Waals surface area contributed by atoms with Gasteiger partial charge in [0.2, 0.25) is 10.0 Å². The molecule has 3 fully saturated rings. The Balaban J connectivity index is 1.83. The maximum atomic E-state index is 13.0. The second-order valence-electron chi connectivity index (χ2n) is 6.55. The van der Waals surface area contributed by atoms with Crippen molar-refractivity contribution in [3.63, 3.8) is 0 Å². The standard InChI is InChI=1S/C17H23N3O3S/c1-23-8-7-19-11-15-5-6-16(19)13-20(12-15)24(21,22)17-4-2-3-14(9-17)10-18/h2-4,9,15-16H,5-8,11-13H2,1H3. The van der Waals surface area contributed by atoms with Crippen molar-refractivity contribution in [3.05, 3.63) is 29.8 Å². The minimum absolute atomic E-state index is 0.214. The van der Waals surface area contributed by atoms with Gasteiger partial charge < -0.3 is 4.74 Å². The molecule has 0 spiro atoms. The molecule has 2 unspecified atom stereocenters. The van der Waals surface area contributed by atoms with Crippen LogP contribution >= 0.6 is 0 Å². The van der Waals surface area contributed by atoms with E-state index in [1.807, 2.05) is 6.07 Å². The Morgan fingerprint density at radius 3 is 2.88 bits per heavy atom. The smallest absolute Gasteiger partial charge is 0.243 e. The van der Waals surface area contributed by atoms with Crippen LogP contribution in [0.2, 0.25) is 0 Å². The van der Waals surface area contributed by atoms with Gasteiger partial charge in [0, 0.05) is 39.3 Å². The molecule has 24 heavy (non-hydrogen) atoms. The monoisotopic (exact) mass is 349 g/mol. The summed E-state index contributed by atoms with van der Waals surface area (Å²) in [7, 11) is -1.87. The summed E-state index contributed by atoms with van der Waals surface area (Å²) in [5.74, 6) is 0.356. The molecule has 3 saturated heterocycles. The number of sulfonamides is 1. The molecule has 2 atom stereocenters. The van der Waals surface area contributed by atoms with Crippen LogP contribution in [0, 0.1) is 17.2 Å². The van der Waals surface area contributed by atoms with Gasteiger partial charge in [0.05, 0.1) is 23.1 Å². The van der Waals surface area contributed by atoms with E-state index < -0.39 is 10.0 Å². The van der Waals surface area contributed by atoms with Crippen LogP contribution < -0.4 is 0 Å². The lowest BCUT2D eigenvalue weighted by Crippen LogP contribution is -2.45. The zero-order chi connectivity index (χ0) is 17.2. The van der Waals surface area contributed by atoms with Gasteiger partial charge in [0.1, 0.15) is 0 Å². The summed E-state index contributed by atoms with van der Waals surface area (Å²) in [6.07, 6.45) is 2.09. The van der Waals surface area contributed by atoms with E-state index in [1.54, 1.807) is 29.6 Å². The van der Waals surface area contributed by atoms with Crippen LogP contribution in [0.4, 0.5) is 0 Å². The topological polar surface area (TPSA) is 73.6 Å². The first-order chi connectivity index (χ1) is 11.5. The van der Waals surface area contributed by atoms with E-state index in [0.717, 1.165) is 25.9 Å². The van der Waals surface area contributed by atoms with Crippen LogP contribution in [0.3, 0.4) is 0 Å². The summed E-state index contributed by atoms with van der Waals surface area (Å²) in [6, 6.07) is 8.54. The fraction of sp³-hybridized carbons (Fsp3) is 0.588. The normalized spacial score (nSPS) is 25.3. The van der Waals surface area contributed by atoms with Gasteiger partial charge in [-0.2, -0.15) is 9.57 Å². The van der Waals surface area contributed by atoms with Gasteiger partial charge in [-0.3, -0.25) is 4.90 Å². The third-order valence-electron chi connectivity index (χ3n) is 4.98. The lowest BCUT2D eigenvalue weighted by atomic mass is 9.95. The number of benzene rings is 1. The Morgan fingerprint density at radius 1 is 1.29 bits per heavy atom. The number of ether oxygens (including phenoxy) is 1. The van der Waals surface area contributed by atoms with Crippen molar-refractivity contribution in [2.24, 2.45) is 5.92 Å². The molecule has 0 amide bonds. The first-order valence-electron chi connectivity index (χ1n) is 8.28. The van der Waals surface area contributed by atoms with E-state index in [1.165, 1.54) is 6.07 Å². The second-order valence-corrected chi connectivity index (χ2v) is 8.48. The van der Waals surface area contributed by atoms with Crippen molar-refractivity contribution in [2.75, 3.05) is 39.9 Å². The summed E-state index contributed by atoms with van der Waals surface area (Å²) >= 11 is 0. The predicted octanol–water partition coefficient (Wildman–Crippen LogP) is 1.29. The van der Waals surface area contributed by atoms with Crippen LogP contribution in [0.25, 0.3) is 0 Å². The van der Waals surface area contributed by atoms with Crippen LogP contribution in [0.1, 0.15) is 18.4 Å². The van der Waals surface area contributed by atoms with Crippen LogP contribution in [-0.4, -0.2) is 63.6 Å². The molecule has 3 aliphatic heterocycles. The highest BCUT2D eigenvalue weighted by molar-refractivity contribution is 7.89. The molecular weight excluding hydrogens is 326 g/mol. The highest BCUT2D eigenvalue weighted by Gasteiger charge is 2.39. The average Bonchev–Trinajstić information content (AvgIpc) is 2.92. The molecule has 2 bridgehead atoms. The maximum Gasteiger partial charge on any atom is 0.243 e. The molecule has 3 aliphatic rings. The van der Waals surface area contributed by atoms with Gasteiger partial charge in [-0.05, 0) is 37.0 Å². The molecule has 0 aromatic heterocycles. The molecule has 3 heterocycles. The van der Waals surface area contributed by atoms with Crippen molar-refractivity contribution in [3.8, 4) is 6.07 Å². The molecule has 1 aromatic carbocycles. The molecule has 0 N–H and O–H groups in total. The number of rotatable bonds is 5. The maximum absolute atomic E-state index is 13.0. The van der Waals surface area contributed by atoms with Crippen LogP contribution in [0.15, 0.2) is 29.2 Å². The SMILES string of the molecule is COCCN1CC2CCC1CN(S(=O)(=O)c1cccc(C#N)c1)C2. The number of nitriles is 1. The van der Waals surface area contributed by atoms with Crippen LogP contribution in [-0.2, 0) is 14.8 Å². The molecule has 0 aliphatic carbocycles. The van der Waals surface area contributed by atoms with E-state index in [0.29, 0.717) is 31.2 Å². The molecule has 0 saturated carbocycles. The summed E-state index contributed by atoms with van der Waals surface area (Å²) in [5.41, 5.74) is 0.371. The molecule has 130 valence electrons. The highest BCUT2D eigenvalue weighted by Crippen LogP contribution is 2.31. The Labute approximate surface area is 143 Å². The van der Waals surface area contributed by atoms with Crippen molar-refractivity contribution in [1.29, 1.82) is 5.26 Å². The third kappa shape index (κ3) is 3.47. The number of nitrogens with zero attached hydrogens (tertiary/aromatic N) is 3. The van der Waals surface area contributed by atoms with Gasteiger partial charge in [-0.25, -0.2) is 8.42 Å². The Hall–Kier alpha value is -1.46. The Kier molecular flexibility index (Phi) is 5.21. The summed E-state index contributed by atoms with van der Waals surface area (Å²) in [5, 5.41) is 9.02. The van der Waals surface area contributed by atoms with Crippen molar-refractivity contribution >= 4 is 10.0 Å². The third-order valence-corrected chi connectivity index (χ3v) is 6.80. The van der Waals surface area contributed by atoms with E-state index in [2.05, 4.69) is 4.90 Å². The lowest BCUT2D eigenvalue weighted by molar-refractivity contribution is 0.0881. The minimum Gasteiger partial charge on any atom is -0.383 e. The summed E-state index contributed by atoms with van der Waals surface area (Å²) in [4.78, 5) is 2.57. The number of fused-ring (bicyclic) bond motifs is 4. The van der Waals surface area contributed by atoms with Gasteiger partial charge in [-0.1, -0.05) is 6.07 Å². The first kappa shape index (κ1) is 17.4. The van der Waals surface area contributed by atoms with E-state index in [-0.39, 0.29) is 10.9 Å². The Bertz CT molecular complexity index is 729. The summed E-state index contributed by atoms with van der Waals surface area (Å²) in [6.45, 7) is 3.51. The zero-order valence-corrected chi connectivity index (χ0v) is 14.7. The molecule has 7 heteroatoms. The van der Waals surface area contributed by atoms with Crippen molar-refractivity contribution < 1.29 is 13.2 Å². The highest BCUT2D eigenvalue weighted by atomic mass is 32.2. The van der Waals surface area contributed by atoms with E-state index in [4.69, 9.17) is 10.00 Å². The van der Waals surface area contributed by atoms with E-state index >= 15 is 0 Å². The number of piperidine rings is 1. The molecular formula is C17H23N3O3S. The number of hydrogen-bond donors (Lipinski definition) is 0.